The van der Waals surface area contributed by atoms with Crippen molar-refractivity contribution >= 4 is 41.7 Å². The number of carbonyl (C=O) groups is 1. The van der Waals surface area contributed by atoms with Gasteiger partial charge in [-0.2, -0.15) is 0 Å². The second-order valence-electron chi connectivity index (χ2n) is 6.82. The summed E-state index contributed by atoms with van der Waals surface area (Å²) in [6.07, 6.45) is 3.28. The first-order valence-corrected chi connectivity index (χ1v) is 9.60. The Kier molecular flexibility index (Phi) is 9.28. The van der Waals surface area contributed by atoms with E-state index in [2.05, 4.69) is 20.6 Å². The Labute approximate surface area is 193 Å². The Balaban J connectivity index is 0.00000320. The predicted molar refractivity (Wildman–Crippen MR) is 126 cm³/mol. The number of methoxy groups -OCH3 is 1. The zero-order valence-corrected chi connectivity index (χ0v) is 19.4. The third kappa shape index (κ3) is 6.28. The molecule has 162 valence electrons. The van der Waals surface area contributed by atoms with Crippen LogP contribution in [0.15, 0.2) is 47.6 Å². The number of nitrogens with one attached hydrogen (secondary N) is 2. The van der Waals surface area contributed by atoms with Gasteiger partial charge in [-0.15, -0.1) is 24.0 Å². The Hall–Kier alpha value is -2.43. The van der Waals surface area contributed by atoms with Crippen LogP contribution in [0, 0.1) is 5.82 Å². The van der Waals surface area contributed by atoms with Crippen LogP contribution in [0.4, 0.5) is 10.2 Å². The fourth-order valence-electron chi connectivity index (χ4n) is 3.32. The molecule has 1 aliphatic heterocycles. The first-order chi connectivity index (χ1) is 14.1. The molecule has 1 aliphatic rings. The number of rotatable bonds is 6. The number of pyridine rings is 1. The second kappa shape index (κ2) is 11.7. The molecule has 1 atom stereocenters. The van der Waals surface area contributed by atoms with Gasteiger partial charge in [-0.3, -0.25) is 4.99 Å². The van der Waals surface area contributed by atoms with Gasteiger partial charge in [0.15, 0.2) is 17.6 Å². The topological polar surface area (TPSA) is 78.8 Å². The second-order valence-corrected chi connectivity index (χ2v) is 6.82. The number of aromatic nitrogens is 1. The van der Waals surface area contributed by atoms with Crippen molar-refractivity contribution in [3.05, 3.63) is 59.5 Å². The monoisotopic (exact) mass is 527 g/mol. The highest BCUT2D eigenvalue weighted by molar-refractivity contribution is 14.0. The number of nitrogens with zero attached hydrogens (tertiary/aromatic N) is 3. The summed E-state index contributed by atoms with van der Waals surface area (Å²) in [6.45, 7) is 2.11. The minimum Gasteiger partial charge on any atom is -0.465 e. The van der Waals surface area contributed by atoms with Crippen LogP contribution in [0.2, 0.25) is 0 Å². The van der Waals surface area contributed by atoms with Crippen molar-refractivity contribution in [2.75, 3.05) is 38.7 Å². The van der Waals surface area contributed by atoms with Crippen LogP contribution in [0.1, 0.15) is 22.3 Å². The third-order valence-electron chi connectivity index (χ3n) is 4.87. The first-order valence-electron chi connectivity index (χ1n) is 9.60. The van der Waals surface area contributed by atoms with E-state index < -0.39 is 0 Å². The zero-order chi connectivity index (χ0) is 20.6. The number of aliphatic imine (C=N–C) groups is 1. The van der Waals surface area contributed by atoms with Gasteiger partial charge in [0.2, 0.25) is 0 Å². The summed E-state index contributed by atoms with van der Waals surface area (Å²) in [5, 5.41) is 6.69. The van der Waals surface area contributed by atoms with E-state index in [1.165, 1.54) is 13.2 Å². The summed E-state index contributed by atoms with van der Waals surface area (Å²) in [5.74, 6) is 0.476. The molecule has 1 fully saturated rings. The molecule has 0 aliphatic carbocycles. The van der Waals surface area contributed by atoms with Gasteiger partial charge in [0.1, 0.15) is 0 Å². The van der Waals surface area contributed by atoms with E-state index in [1.807, 2.05) is 17.0 Å². The third-order valence-corrected chi connectivity index (χ3v) is 4.87. The van der Waals surface area contributed by atoms with Crippen molar-refractivity contribution < 1.29 is 13.9 Å². The summed E-state index contributed by atoms with van der Waals surface area (Å²) in [5.41, 5.74) is 1.65. The normalized spacial score (nSPS) is 16.0. The van der Waals surface area contributed by atoms with Crippen LogP contribution >= 0.6 is 24.0 Å². The molecule has 9 heteroatoms. The molecule has 2 heterocycles. The first kappa shape index (κ1) is 23.8. The van der Waals surface area contributed by atoms with E-state index in [0.717, 1.165) is 24.9 Å². The number of ether oxygens (including phenoxy) is 1. The Bertz CT molecular complexity index is 863. The molecule has 1 saturated heterocycles. The van der Waals surface area contributed by atoms with Crippen LogP contribution in [-0.2, 0) is 11.2 Å². The maximum atomic E-state index is 13.9. The van der Waals surface area contributed by atoms with E-state index in [1.54, 1.807) is 31.4 Å². The lowest BCUT2D eigenvalue weighted by molar-refractivity contribution is 0.0600. The van der Waals surface area contributed by atoms with E-state index in [9.17, 15) is 9.18 Å². The summed E-state index contributed by atoms with van der Waals surface area (Å²) in [7, 11) is 3.10. The van der Waals surface area contributed by atoms with Gasteiger partial charge in [0, 0.05) is 38.9 Å². The standard InChI is InChI=1S/C21H26FN5O2.HI/c1-23-21(25-12-9-15-5-7-16(8-6-15)20(28)29-2)26-17-10-13-27(14-17)19-18(22)4-3-11-24-19;/h3-8,11,17H,9-10,12-14H2,1-2H3,(H2,23,25,26);1H. The van der Waals surface area contributed by atoms with Crippen molar-refractivity contribution in [2.24, 2.45) is 4.99 Å². The van der Waals surface area contributed by atoms with Crippen molar-refractivity contribution in [2.45, 2.75) is 18.9 Å². The van der Waals surface area contributed by atoms with E-state index >= 15 is 0 Å². The fourth-order valence-corrected chi connectivity index (χ4v) is 3.32. The summed E-state index contributed by atoms with van der Waals surface area (Å²) < 4.78 is 18.6. The lowest BCUT2D eigenvalue weighted by Gasteiger charge is -2.20. The predicted octanol–water partition coefficient (Wildman–Crippen LogP) is 2.61. The van der Waals surface area contributed by atoms with Crippen LogP contribution in [0.5, 0.6) is 0 Å². The van der Waals surface area contributed by atoms with Crippen molar-refractivity contribution in [3.63, 3.8) is 0 Å². The molecule has 1 unspecified atom stereocenters. The average Bonchev–Trinajstić information content (AvgIpc) is 3.21. The maximum Gasteiger partial charge on any atom is 0.337 e. The fraction of sp³-hybridized carbons (Fsp3) is 0.381. The van der Waals surface area contributed by atoms with Crippen molar-refractivity contribution in [1.29, 1.82) is 0 Å². The molecule has 7 nitrogen and oxygen atoms in total. The molecular weight excluding hydrogens is 500 g/mol. The number of carbonyl (C=O) groups excluding carboxylic acids is 1. The number of hydrogen-bond donors (Lipinski definition) is 2. The SMILES string of the molecule is CN=C(NCCc1ccc(C(=O)OC)cc1)NC1CCN(c2ncccc2F)C1.I. The minimum absolute atomic E-state index is 0. The Morgan fingerprint density at radius 1 is 1.33 bits per heavy atom. The van der Waals surface area contributed by atoms with Gasteiger partial charge in [-0.25, -0.2) is 14.2 Å². The highest BCUT2D eigenvalue weighted by Crippen LogP contribution is 2.20. The highest BCUT2D eigenvalue weighted by Gasteiger charge is 2.25. The molecule has 3 rings (SSSR count). The highest BCUT2D eigenvalue weighted by atomic mass is 127. The van der Waals surface area contributed by atoms with Gasteiger partial charge in [0.25, 0.3) is 0 Å². The molecule has 0 radical (unpaired) electrons. The number of benzene rings is 1. The number of anilines is 1. The summed E-state index contributed by atoms with van der Waals surface area (Å²) in [4.78, 5) is 21.8. The van der Waals surface area contributed by atoms with Gasteiger partial charge < -0.3 is 20.3 Å². The molecule has 0 bridgehead atoms. The van der Waals surface area contributed by atoms with Gasteiger partial charge in [-0.05, 0) is 42.7 Å². The molecule has 2 aromatic rings. The summed E-state index contributed by atoms with van der Waals surface area (Å²) >= 11 is 0. The van der Waals surface area contributed by atoms with Crippen LogP contribution in [-0.4, -0.2) is 56.7 Å². The molecule has 1 aromatic heterocycles. The van der Waals surface area contributed by atoms with Crippen LogP contribution in [0.25, 0.3) is 0 Å². The number of halogens is 2. The minimum atomic E-state index is -0.338. The zero-order valence-electron chi connectivity index (χ0n) is 17.1. The number of hydrogen-bond acceptors (Lipinski definition) is 5. The van der Waals surface area contributed by atoms with E-state index in [-0.39, 0.29) is 41.8 Å². The molecule has 0 amide bonds. The van der Waals surface area contributed by atoms with Crippen LogP contribution < -0.4 is 15.5 Å². The average molecular weight is 527 g/mol. The number of guanidine groups is 1. The molecule has 0 saturated carbocycles. The molecule has 1 aromatic carbocycles. The van der Waals surface area contributed by atoms with Crippen molar-refractivity contribution in [1.82, 2.24) is 15.6 Å². The maximum absolute atomic E-state index is 13.9. The van der Waals surface area contributed by atoms with Gasteiger partial charge in [0.05, 0.1) is 12.7 Å². The number of esters is 1. The largest absolute Gasteiger partial charge is 0.465 e. The molecular formula is C21H27FIN5O2. The molecule has 30 heavy (non-hydrogen) atoms. The van der Waals surface area contributed by atoms with Gasteiger partial charge in [-0.1, -0.05) is 12.1 Å². The quantitative estimate of drug-likeness (QED) is 0.261. The van der Waals surface area contributed by atoms with Crippen molar-refractivity contribution in [3.8, 4) is 0 Å². The van der Waals surface area contributed by atoms with Crippen LogP contribution in [0.3, 0.4) is 0 Å². The lowest BCUT2D eigenvalue weighted by Crippen LogP contribution is -2.45. The lowest BCUT2D eigenvalue weighted by atomic mass is 10.1. The smallest absolute Gasteiger partial charge is 0.337 e. The molecule has 0 spiro atoms. The van der Waals surface area contributed by atoms with E-state index in [4.69, 9.17) is 4.74 Å². The van der Waals surface area contributed by atoms with Gasteiger partial charge >= 0.3 is 5.97 Å². The Morgan fingerprint density at radius 3 is 2.77 bits per heavy atom. The summed E-state index contributed by atoms with van der Waals surface area (Å²) in [6, 6.07) is 10.6. The van der Waals surface area contributed by atoms with E-state index in [0.29, 0.717) is 30.4 Å². The molecule has 2 N–H and O–H groups in total. The Morgan fingerprint density at radius 2 is 2.10 bits per heavy atom.